The van der Waals surface area contributed by atoms with Gasteiger partial charge in [-0.15, -0.1) is 0 Å². The summed E-state index contributed by atoms with van der Waals surface area (Å²) in [4.78, 5) is 15.2. The molecular formula is C23H25NO4. The topological polar surface area (TPSA) is 51.9 Å². The first-order chi connectivity index (χ1) is 13.6. The fraction of sp³-hybridized carbons (Fsp3) is 0.348. The average molecular weight is 379 g/mol. The molecule has 0 N–H and O–H groups in total. The van der Waals surface area contributed by atoms with Gasteiger partial charge in [-0.3, -0.25) is 9.69 Å². The number of fused-ring (bicyclic) bond motifs is 2. The zero-order chi connectivity index (χ0) is 19.7. The van der Waals surface area contributed by atoms with Crippen LogP contribution >= 0.6 is 0 Å². The smallest absolute Gasteiger partial charge is 0.197 e. The van der Waals surface area contributed by atoms with E-state index in [1.54, 1.807) is 13.4 Å². The van der Waals surface area contributed by atoms with E-state index in [4.69, 9.17) is 13.9 Å². The van der Waals surface area contributed by atoms with E-state index in [1.807, 2.05) is 43.3 Å². The molecule has 0 aliphatic carbocycles. The van der Waals surface area contributed by atoms with E-state index in [9.17, 15) is 4.79 Å². The molecule has 4 rings (SSSR count). The summed E-state index contributed by atoms with van der Waals surface area (Å²) in [6.45, 7) is 6.05. The number of methoxy groups -OCH3 is 1. The molecule has 2 heterocycles. The van der Waals surface area contributed by atoms with Gasteiger partial charge >= 0.3 is 0 Å². The lowest BCUT2D eigenvalue weighted by Crippen LogP contribution is -2.33. The molecule has 1 unspecified atom stereocenters. The second-order valence-electron chi connectivity index (χ2n) is 7.38. The molecule has 2 aromatic carbocycles. The molecule has 0 saturated heterocycles. The third kappa shape index (κ3) is 3.62. The van der Waals surface area contributed by atoms with E-state index < -0.39 is 0 Å². The average Bonchev–Trinajstić information content (AvgIpc) is 2.88. The van der Waals surface area contributed by atoms with Gasteiger partial charge in [-0.2, -0.15) is 0 Å². The summed E-state index contributed by atoms with van der Waals surface area (Å²) in [6, 6.07) is 11.6. The molecule has 1 aliphatic heterocycles. The Bertz CT molecular complexity index is 1060. The maximum Gasteiger partial charge on any atom is 0.197 e. The van der Waals surface area contributed by atoms with E-state index in [-0.39, 0.29) is 11.5 Å². The lowest BCUT2D eigenvalue weighted by molar-refractivity contribution is 0.139. The fourth-order valence-electron chi connectivity index (χ4n) is 3.70. The Kier molecular flexibility index (Phi) is 5.09. The zero-order valence-electron chi connectivity index (χ0n) is 16.5. The van der Waals surface area contributed by atoms with Gasteiger partial charge in [-0.05, 0) is 43.7 Å². The number of ether oxygens (including phenoxy) is 2. The van der Waals surface area contributed by atoms with E-state index in [0.29, 0.717) is 29.6 Å². The first-order valence-electron chi connectivity index (χ1n) is 9.64. The van der Waals surface area contributed by atoms with Crippen molar-refractivity contribution < 1.29 is 13.9 Å². The van der Waals surface area contributed by atoms with Gasteiger partial charge in [0.15, 0.2) is 5.43 Å². The Balaban J connectivity index is 1.67. The number of nitrogens with zero attached hydrogens (tertiary/aromatic N) is 1. The van der Waals surface area contributed by atoms with Crippen molar-refractivity contribution in [3.8, 4) is 11.5 Å². The van der Waals surface area contributed by atoms with E-state index in [1.165, 1.54) is 0 Å². The Morgan fingerprint density at radius 2 is 2.07 bits per heavy atom. The van der Waals surface area contributed by atoms with Crippen molar-refractivity contribution in [1.29, 1.82) is 0 Å². The molecule has 1 aliphatic rings. The highest BCUT2D eigenvalue weighted by molar-refractivity contribution is 5.77. The number of aryl methyl sites for hydroxylation is 1. The molecule has 5 heteroatoms. The molecule has 0 radical (unpaired) electrons. The molecule has 0 fully saturated rings. The standard InChI is InChI=1S/C23H25NO4/c1-4-18-13-24(11-16-10-19(26-3)6-8-21(16)28-18)12-17-14-27-22-7-5-15(2)9-20(22)23(17)25/h5-10,14,18H,4,11-13H2,1-3H3. The molecule has 0 spiro atoms. The highest BCUT2D eigenvalue weighted by Crippen LogP contribution is 2.30. The van der Waals surface area contributed by atoms with Gasteiger partial charge in [0.05, 0.1) is 18.8 Å². The monoisotopic (exact) mass is 379 g/mol. The lowest BCUT2D eigenvalue weighted by atomic mass is 10.1. The highest BCUT2D eigenvalue weighted by atomic mass is 16.5. The highest BCUT2D eigenvalue weighted by Gasteiger charge is 2.23. The van der Waals surface area contributed by atoms with Crippen molar-refractivity contribution in [2.24, 2.45) is 0 Å². The molecule has 146 valence electrons. The minimum atomic E-state index is 0.0361. The van der Waals surface area contributed by atoms with Gasteiger partial charge in [0.1, 0.15) is 23.2 Å². The Labute approximate surface area is 164 Å². The fourth-order valence-corrected chi connectivity index (χ4v) is 3.70. The van der Waals surface area contributed by atoms with Gasteiger partial charge in [0.2, 0.25) is 0 Å². The number of hydrogen-bond donors (Lipinski definition) is 0. The van der Waals surface area contributed by atoms with Crippen LogP contribution in [0.3, 0.4) is 0 Å². The quantitative estimate of drug-likeness (QED) is 0.677. The van der Waals surface area contributed by atoms with Crippen LogP contribution in [0.5, 0.6) is 11.5 Å². The van der Waals surface area contributed by atoms with Crippen LogP contribution < -0.4 is 14.9 Å². The van der Waals surface area contributed by atoms with Crippen LogP contribution in [0, 0.1) is 6.92 Å². The van der Waals surface area contributed by atoms with Crippen molar-refractivity contribution in [3.05, 3.63) is 69.6 Å². The van der Waals surface area contributed by atoms with Gasteiger partial charge in [-0.1, -0.05) is 18.6 Å². The summed E-state index contributed by atoms with van der Waals surface area (Å²) < 4.78 is 17.3. The maximum absolute atomic E-state index is 13.0. The Hall–Kier alpha value is -2.79. The van der Waals surface area contributed by atoms with Crippen LogP contribution in [0.2, 0.25) is 0 Å². The van der Waals surface area contributed by atoms with Crippen LogP contribution in [0.1, 0.15) is 30.0 Å². The second kappa shape index (κ2) is 7.68. The SMILES string of the molecule is CCC1CN(Cc2coc3ccc(C)cc3c2=O)Cc2cc(OC)ccc2O1. The minimum Gasteiger partial charge on any atom is -0.497 e. The minimum absolute atomic E-state index is 0.0361. The number of rotatable bonds is 4. The zero-order valence-corrected chi connectivity index (χ0v) is 16.5. The number of benzene rings is 2. The molecule has 0 amide bonds. The summed E-state index contributed by atoms with van der Waals surface area (Å²) in [6.07, 6.45) is 2.57. The Morgan fingerprint density at radius 3 is 2.86 bits per heavy atom. The van der Waals surface area contributed by atoms with Crippen LogP contribution in [0.15, 0.2) is 51.9 Å². The third-order valence-electron chi connectivity index (χ3n) is 5.27. The molecule has 1 aromatic heterocycles. The molecule has 0 saturated carbocycles. The second-order valence-corrected chi connectivity index (χ2v) is 7.38. The van der Waals surface area contributed by atoms with Crippen LogP contribution in [-0.2, 0) is 13.1 Å². The third-order valence-corrected chi connectivity index (χ3v) is 5.27. The summed E-state index contributed by atoms with van der Waals surface area (Å²) in [7, 11) is 1.66. The number of hydrogen-bond acceptors (Lipinski definition) is 5. The predicted molar refractivity (Wildman–Crippen MR) is 109 cm³/mol. The molecular weight excluding hydrogens is 354 g/mol. The van der Waals surface area contributed by atoms with Crippen molar-refractivity contribution in [2.75, 3.05) is 13.7 Å². The summed E-state index contributed by atoms with van der Waals surface area (Å²) in [5.41, 5.74) is 3.44. The summed E-state index contributed by atoms with van der Waals surface area (Å²) >= 11 is 0. The summed E-state index contributed by atoms with van der Waals surface area (Å²) in [5, 5.41) is 0.637. The van der Waals surface area contributed by atoms with Crippen molar-refractivity contribution in [2.45, 2.75) is 39.5 Å². The largest absolute Gasteiger partial charge is 0.497 e. The molecule has 0 bridgehead atoms. The van der Waals surface area contributed by atoms with Crippen molar-refractivity contribution >= 4 is 11.0 Å². The van der Waals surface area contributed by atoms with Crippen LogP contribution in [-0.4, -0.2) is 24.7 Å². The van der Waals surface area contributed by atoms with Gasteiger partial charge < -0.3 is 13.9 Å². The van der Waals surface area contributed by atoms with Gasteiger partial charge in [-0.25, -0.2) is 0 Å². The van der Waals surface area contributed by atoms with Crippen LogP contribution in [0.25, 0.3) is 11.0 Å². The Morgan fingerprint density at radius 1 is 1.21 bits per heavy atom. The first-order valence-corrected chi connectivity index (χ1v) is 9.64. The van der Waals surface area contributed by atoms with Gasteiger partial charge in [0.25, 0.3) is 0 Å². The molecule has 5 nitrogen and oxygen atoms in total. The summed E-state index contributed by atoms with van der Waals surface area (Å²) in [5.74, 6) is 1.69. The van der Waals surface area contributed by atoms with E-state index in [2.05, 4.69) is 11.8 Å². The molecule has 28 heavy (non-hydrogen) atoms. The van der Waals surface area contributed by atoms with Crippen molar-refractivity contribution in [3.63, 3.8) is 0 Å². The maximum atomic E-state index is 13.0. The van der Waals surface area contributed by atoms with E-state index >= 15 is 0 Å². The lowest BCUT2D eigenvalue weighted by Gasteiger charge is -2.22. The van der Waals surface area contributed by atoms with Crippen molar-refractivity contribution in [1.82, 2.24) is 4.90 Å². The molecule has 1 atom stereocenters. The molecule has 3 aromatic rings. The normalized spacial score (nSPS) is 17.0. The predicted octanol–water partition coefficient (Wildman–Crippen LogP) is 4.28. The van der Waals surface area contributed by atoms with E-state index in [0.717, 1.165) is 35.6 Å². The van der Waals surface area contributed by atoms with Crippen LogP contribution in [0.4, 0.5) is 0 Å². The van der Waals surface area contributed by atoms with Gasteiger partial charge in [0, 0.05) is 30.8 Å². The first kappa shape index (κ1) is 18.6.